The molecule has 0 saturated heterocycles. The molecule has 0 aliphatic rings. The molecule has 1 N–H and O–H groups in total. The lowest BCUT2D eigenvalue weighted by Gasteiger charge is -2.09. The van der Waals surface area contributed by atoms with Crippen LogP contribution in [0.5, 0.6) is 0 Å². The zero-order valence-electron chi connectivity index (χ0n) is 13.3. The predicted molar refractivity (Wildman–Crippen MR) is 101 cm³/mol. The lowest BCUT2D eigenvalue weighted by Crippen LogP contribution is -2.14. The third kappa shape index (κ3) is 3.69. The van der Waals surface area contributed by atoms with Crippen molar-refractivity contribution in [1.82, 2.24) is 4.98 Å². The number of hydrogen-bond donors (Lipinski definition) is 1. The highest BCUT2D eigenvalue weighted by Crippen LogP contribution is 2.30. The van der Waals surface area contributed by atoms with E-state index in [1.165, 1.54) is 18.2 Å². The number of non-ortho nitro benzene ring substituents is 1. The summed E-state index contributed by atoms with van der Waals surface area (Å²) in [6.45, 7) is 1.62. The maximum Gasteiger partial charge on any atom is 0.270 e. The summed E-state index contributed by atoms with van der Waals surface area (Å²) in [6, 6.07) is 10.6. The summed E-state index contributed by atoms with van der Waals surface area (Å²) in [5, 5.41) is 13.0. The summed E-state index contributed by atoms with van der Waals surface area (Å²) in [6.07, 6.45) is 0. The van der Waals surface area contributed by atoms with E-state index in [1.807, 2.05) is 0 Å². The first kappa shape index (κ1) is 18.3. The second-order valence-corrected chi connectivity index (χ2v) is 8.23. The van der Waals surface area contributed by atoms with Gasteiger partial charge in [-0.25, -0.2) is 13.4 Å². The zero-order chi connectivity index (χ0) is 18.9. The van der Waals surface area contributed by atoms with Gasteiger partial charge in [-0.2, -0.15) is 0 Å². The number of sulfonamides is 1. The molecule has 0 radical (unpaired) electrons. The minimum atomic E-state index is -3.85. The smallest absolute Gasteiger partial charge is 0.258 e. The van der Waals surface area contributed by atoms with Crippen LogP contribution in [0, 0.1) is 17.0 Å². The van der Waals surface area contributed by atoms with Crippen molar-refractivity contribution in [2.75, 3.05) is 4.72 Å². The van der Waals surface area contributed by atoms with Crippen molar-refractivity contribution in [2.24, 2.45) is 0 Å². The Morgan fingerprint density at radius 2 is 1.96 bits per heavy atom. The van der Waals surface area contributed by atoms with Crippen LogP contribution in [-0.4, -0.2) is 18.3 Å². The van der Waals surface area contributed by atoms with Crippen LogP contribution in [0.15, 0.2) is 52.7 Å². The summed E-state index contributed by atoms with van der Waals surface area (Å²) in [5.74, 6) is 0. The van der Waals surface area contributed by atoms with Gasteiger partial charge in [-0.1, -0.05) is 29.8 Å². The van der Waals surface area contributed by atoms with Gasteiger partial charge < -0.3 is 0 Å². The summed E-state index contributed by atoms with van der Waals surface area (Å²) in [4.78, 5) is 14.7. The number of rotatable bonds is 5. The summed E-state index contributed by atoms with van der Waals surface area (Å²) in [5.41, 5.74) is 1.35. The van der Waals surface area contributed by atoms with E-state index in [4.69, 9.17) is 11.6 Å². The number of thiazole rings is 1. The summed E-state index contributed by atoms with van der Waals surface area (Å²) in [7, 11) is -3.85. The molecular formula is C16H12ClN3O4S2. The first-order valence-electron chi connectivity index (χ1n) is 7.26. The van der Waals surface area contributed by atoms with Crippen LogP contribution in [0.25, 0.3) is 11.3 Å². The molecule has 0 unspecified atom stereocenters. The second-order valence-electron chi connectivity index (χ2n) is 5.31. The number of benzene rings is 2. The third-order valence-electron chi connectivity index (χ3n) is 3.59. The third-order valence-corrected chi connectivity index (χ3v) is 6.37. The largest absolute Gasteiger partial charge is 0.270 e. The van der Waals surface area contributed by atoms with Crippen molar-refractivity contribution >= 4 is 43.8 Å². The number of nitro benzene ring substituents is 1. The normalized spacial score (nSPS) is 11.3. The average Bonchev–Trinajstić information content (AvgIpc) is 3.05. The van der Waals surface area contributed by atoms with Crippen molar-refractivity contribution in [3.63, 3.8) is 0 Å². The van der Waals surface area contributed by atoms with E-state index in [0.717, 1.165) is 11.3 Å². The van der Waals surface area contributed by atoms with Gasteiger partial charge in [-0.15, -0.1) is 11.3 Å². The van der Waals surface area contributed by atoms with E-state index in [1.54, 1.807) is 36.6 Å². The lowest BCUT2D eigenvalue weighted by molar-refractivity contribution is -0.384. The minimum Gasteiger partial charge on any atom is -0.258 e. The molecule has 0 amide bonds. The number of halogens is 1. The molecule has 3 aromatic rings. The van der Waals surface area contributed by atoms with E-state index >= 15 is 0 Å². The molecule has 0 aliphatic carbocycles. The van der Waals surface area contributed by atoms with Crippen LogP contribution in [0.2, 0.25) is 5.02 Å². The Balaban J connectivity index is 1.90. The molecule has 3 rings (SSSR count). The van der Waals surface area contributed by atoms with E-state index < -0.39 is 14.9 Å². The summed E-state index contributed by atoms with van der Waals surface area (Å²) >= 11 is 7.07. The van der Waals surface area contributed by atoms with Crippen molar-refractivity contribution in [3.8, 4) is 11.3 Å². The van der Waals surface area contributed by atoms with Gasteiger partial charge in [-0.05, 0) is 24.6 Å². The van der Waals surface area contributed by atoms with Crippen LogP contribution >= 0.6 is 22.9 Å². The molecule has 7 nitrogen and oxygen atoms in total. The molecular weight excluding hydrogens is 398 g/mol. The molecule has 26 heavy (non-hydrogen) atoms. The Morgan fingerprint density at radius 1 is 1.23 bits per heavy atom. The van der Waals surface area contributed by atoms with E-state index in [9.17, 15) is 18.5 Å². The first-order chi connectivity index (χ1) is 12.3. The first-order valence-corrected chi connectivity index (χ1v) is 10.0. The van der Waals surface area contributed by atoms with Gasteiger partial charge in [0.05, 0.1) is 15.5 Å². The highest BCUT2D eigenvalue weighted by molar-refractivity contribution is 7.93. The average molecular weight is 410 g/mol. The molecule has 0 atom stereocenters. The van der Waals surface area contributed by atoms with Crippen molar-refractivity contribution in [2.45, 2.75) is 11.8 Å². The Kier molecular flexibility index (Phi) is 4.94. The van der Waals surface area contributed by atoms with Gasteiger partial charge >= 0.3 is 0 Å². The van der Waals surface area contributed by atoms with Gasteiger partial charge in [0.15, 0.2) is 5.13 Å². The number of hydrogen-bond acceptors (Lipinski definition) is 6. The fourth-order valence-corrected chi connectivity index (χ4v) is 4.75. The van der Waals surface area contributed by atoms with Crippen molar-refractivity contribution in [1.29, 1.82) is 0 Å². The number of nitro groups is 1. The second kappa shape index (κ2) is 7.02. The van der Waals surface area contributed by atoms with Gasteiger partial charge in [0.1, 0.15) is 0 Å². The van der Waals surface area contributed by atoms with E-state index in [2.05, 4.69) is 9.71 Å². The van der Waals surface area contributed by atoms with Gasteiger partial charge in [0, 0.05) is 28.1 Å². The standard InChI is InChI=1S/C16H12ClN3O4S2/c1-10-13(17)6-3-7-15(10)26(23,24)19-16-18-14(9-25-16)11-4-2-5-12(8-11)20(21)22/h2-9H,1H3,(H,18,19). The lowest BCUT2D eigenvalue weighted by atomic mass is 10.1. The predicted octanol–water partition coefficient (Wildman–Crippen LogP) is 4.48. The molecule has 134 valence electrons. The van der Waals surface area contributed by atoms with Crippen LogP contribution in [0.3, 0.4) is 0 Å². The number of anilines is 1. The van der Waals surface area contributed by atoms with Crippen LogP contribution in [0.1, 0.15) is 5.56 Å². The molecule has 1 heterocycles. The monoisotopic (exact) mass is 409 g/mol. The molecule has 0 saturated carbocycles. The molecule has 0 spiro atoms. The van der Waals surface area contributed by atoms with Crippen molar-refractivity contribution in [3.05, 3.63) is 68.5 Å². The van der Waals surface area contributed by atoms with E-state index in [0.29, 0.717) is 21.8 Å². The maximum atomic E-state index is 12.6. The highest BCUT2D eigenvalue weighted by atomic mass is 35.5. The quantitative estimate of drug-likeness (QED) is 0.494. The molecule has 2 aromatic carbocycles. The molecule has 0 bridgehead atoms. The molecule has 0 aliphatic heterocycles. The Morgan fingerprint density at radius 3 is 2.69 bits per heavy atom. The van der Waals surface area contributed by atoms with Gasteiger partial charge in [-0.3, -0.25) is 14.8 Å². The van der Waals surface area contributed by atoms with E-state index in [-0.39, 0.29) is 15.7 Å². The SMILES string of the molecule is Cc1c(Cl)cccc1S(=O)(=O)Nc1nc(-c2cccc([N+](=O)[O-])c2)cs1. The fraction of sp³-hybridized carbons (Fsp3) is 0.0625. The number of nitrogens with one attached hydrogen (secondary N) is 1. The Hall–Kier alpha value is -2.49. The molecule has 10 heteroatoms. The Labute approximate surface area is 158 Å². The fourth-order valence-electron chi connectivity index (χ4n) is 2.28. The topological polar surface area (TPSA) is 102 Å². The van der Waals surface area contributed by atoms with Gasteiger partial charge in [0.25, 0.3) is 15.7 Å². The summed E-state index contributed by atoms with van der Waals surface area (Å²) < 4.78 is 27.6. The van der Waals surface area contributed by atoms with Gasteiger partial charge in [0.2, 0.25) is 0 Å². The van der Waals surface area contributed by atoms with Crippen LogP contribution in [0.4, 0.5) is 10.8 Å². The zero-order valence-corrected chi connectivity index (χ0v) is 15.7. The minimum absolute atomic E-state index is 0.0628. The van der Waals surface area contributed by atoms with Crippen LogP contribution < -0.4 is 4.72 Å². The van der Waals surface area contributed by atoms with Crippen molar-refractivity contribution < 1.29 is 13.3 Å². The number of aromatic nitrogens is 1. The number of nitrogens with zero attached hydrogens (tertiary/aromatic N) is 2. The molecule has 0 fully saturated rings. The van der Waals surface area contributed by atoms with Crippen LogP contribution in [-0.2, 0) is 10.0 Å². The Bertz CT molecular complexity index is 1100. The highest BCUT2D eigenvalue weighted by Gasteiger charge is 2.20. The maximum absolute atomic E-state index is 12.6. The molecule has 1 aromatic heterocycles.